The summed E-state index contributed by atoms with van der Waals surface area (Å²) in [6.07, 6.45) is 0.802. The number of amides is 1. The van der Waals surface area contributed by atoms with Gasteiger partial charge in [0, 0.05) is 12.1 Å². The molecule has 1 amide bonds. The van der Waals surface area contributed by atoms with E-state index in [-0.39, 0.29) is 11.9 Å². The number of aryl methyl sites for hydroxylation is 1. The Morgan fingerprint density at radius 2 is 1.42 bits per heavy atom. The van der Waals surface area contributed by atoms with Gasteiger partial charge in [-0.15, -0.1) is 0 Å². The molecule has 3 aromatic rings. The molecule has 1 unspecified atom stereocenters. The predicted octanol–water partition coefficient (Wildman–Crippen LogP) is 5.44. The first-order valence-corrected chi connectivity index (χ1v) is 9.15. The van der Waals surface area contributed by atoms with Crippen LogP contribution in [0.15, 0.2) is 84.9 Å². The molecule has 132 valence electrons. The molecule has 2 nitrogen and oxygen atoms in total. The van der Waals surface area contributed by atoms with Crippen molar-refractivity contribution >= 4 is 5.91 Å². The molecule has 3 rings (SSSR count). The first-order valence-electron chi connectivity index (χ1n) is 9.15. The normalized spacial score (nSPS) is 11.8. The van der Waals surface area contributed by atoms with E-state index in [4.69, 9.17) is 0 Å². The molecule has 2 heteroatoms. The molecule has 0 spiro atoms. The molecule has 0 aromatic heterocycles. The van der Waals surface area contributed by atoms with Crippen LogP contribution in [0.4, 0.5) is 0 Å². The third-order valence-corrected chi connectivity index (χ3v) is 4.73. The summed E-state index contributed by atoms with van der Waals surface area (Å²) in [6.45, 7) is 4.80. The van der Waals surface area contributed by atoms with Crippen molar-refractivity contribution in [1.82, 2.24) is 4.90 Å². The Kier molecular flexibility index (Phi) is 5.85. The fourth-order valence-corrected chi connectivity index (χ4v) is 3.29. The number of nitrogens with zero attached hydrogens (tertiary/aromatic N) is 1. The number of rotatable bonds is 6. The van der Waals surface area contributed by atoms with Crippen molar-refractivity contribution in [2.24, 2.45) is 0 Å². The molecule has 0 fully saturated rings. The third kappa shape index (κ3) is 4.20. The maximum atomic E-state index is 13.2. The molecular formula is C24H25NO. The quantitative estimate of drug-likeness (QED) is 0.583. The Bertz CT molecular complexity index is 825. The van der Waals surface area contributed by atoms with Crippen LogP contribution in [-0.2, 0) is 6.42 Å². The van der Waals surface area contributed by atoms with E-state index in [1.54, 1.807) is 0 Å². The standard InChI is InChI=1S/C24H25NO/c1-3-25(24(26)22-12-8-5-9-13-22)23(18-20-10-6-4-7-11-20)21-16-14-19(2)15-17-21/h4-17,23H,3,18H2,1-2H3. The highest BCUT2D eigenvalue weighted by Crippen LogP contribution is 2.27. The topological polar surface area (TPSA) is 20.3 Å². The van der Waals surface area contributed by atoms with Crippen LogP contribution in [-0.4, -0.2) is 17.4 Å². The maximum Gasteiger partial charge on any atom is 0.254 e. The molecule has 0 heterocycles. The first-order chi connectivity index (χ1) is 12.7. The maximum absolute atomic E-state index is 13.2. The van der Waals surface area contributed by atoms with Crippen LogP contribution < -0.4 is 0 Å². The zero-order valence-corrected chi connectivity index (χ0v) is 15.4. The lowest BCUT2D eigenvalue weighted by Crippen LogP contribution is -2.36. The van der Waals surface area contributed by atoms with E-state index in [9.17, 15) is 4.79 Å². The van der Waals surface area contributed by atoms with Crippen molar-refractivity contribution in [3.8, 4) is 0 Å². The molecule has 0 aliphatic carbocycles. The van der Waals surface area contributed by atoms with Gasteiger partial charge in [0.15, 0.2) is 0 Å². The highest BCUT2D eigenvalue weighted by molar-refractivity contribution is 5.94. The minimum absolute atomic E-state index is 0.00991. The molecule has 0 bridgehead atoms. The van der Waals surface area contributed by atoms with Crippen molar-refractivity contribution in [3.63, 3.8) is 0 Å². The number of hydrogen-bond acceptors (Lipinski definition) is 1. The zero-order chi connectivity index (χ0) is 18.4. The summed E-state index contributed by atoms with van der Waals surface area (Å²) in [4.78, 5) is 15.2. The molecule has 3 aromatic carbocycles. The lowest BCUT2D eigenvalue weighted by atomic mass is 9.96. The Hall–Kier alpha value is -2.87. The average molecular weight is 343 g/mol. The molecule has 0 aliphatic rings. The Labute approximate surface area is 156 Å². The third-order valence-electron chi connectivity index (χ3n) is 4.73. The summed E-state index contributed by atoms with van der Waals surface area (Å²) in [5.41, 5.74) is 4.37. The van der Waals surface area contributed by atoms with Gasteiger partial charge in [-0.2, -0.15) is 0 Å². The Morgan fingerprint density at radius 1 is 0.846 bits per heavy atom. The van der Waals surface area contributed by atoms with Gasteiger partial charge >= 0.3 is 0 Å². The Morgan fingerprint density at radius 3 is 2.00 bits per heavy atom. The van der Waals surface area contributed by atoms with Gasteiger partial charge in [0.05, 0.1) is 6.04 Å². The fraction of sp³-hybridized carbons (Fsp3) is 0.208. The van der Waals surface area contributed by atoms with Gasteiger partial charge in [0.1, 0.15) is 0 Å². The lowest BCUT2D eigenvalue weighted by Gasteiger charge is -2.32. The minimum Gasteiger partial charge on any atom is -0.332 e. The van der Waals surface area contributed by atoms with E-state index in [2.05, 4.69) is 55.5 Å². The van der Waals surface area contributed by atoms with Crippen LogP contribution in [0.25, 0.3) is 0 Å². The van der Waals surface area contributed by atoms with Gasteiger partial charge in [-0.25, -0.2) is 0 Å². The SMILES string of the molecule is CCN(C(=O)c1ccccc1)C(Cc1ccccc1)c1ccc(C)cc1. The van der Waals surface area contributed by atoms with Crippen molar-refractivity contribution in [1.29, 1.82) is 0 Å². The van der Waals surface area contributed by atoms with E-state index in [0.29, 0.717) is 6.54 Å². The zero-order valence-electron chi connectivity index (χ0n) is 15.4. The summed E-state index contributed by atoms with van der Waals surface area (Å²) in [7, 11) is 0. The molecule has 0 saturated heterocycles. The second-order valence-electron chi connectivity index (χ2n) is 6.57. The van der Waals surface area contributed by atoms with Crippen molar-refractivity contribution in [3.05, 3.63) is 107 Å². The van der Waals surface area contributed by atoms with Crippen LogP contribution >= 0.6 is 0 Å². The molecule has 26 heavy (non-hydrogen) atoms. The molecule has 1 atom stereocenters. The highest BCUT2D eigenvalue weighted by Gasteiger charge is 2.25. The van der Waals surface area contributed by atoms with E-state index >= 15 is 0 Å². The lowest BCUT2D eigenvalue weighted by molar-refractivity contribution is 0.0686. The van der Waals surface area contributed by atoms with E-state index in [0.717, 1.165) is 12.0 Å². The van der Waals surface area contributed by atoms with Crippen LogP contribution in [0.2, 0.25) is 0 Å². The van der Waals surface area contributed by atoms with Crippen molar-refractivity contribution < 1.29 is 4.79 Å². The summed E-state index contributed by atoms with van der Waals surface area (Å²) in [5.74, 6) is 0.0783. The number of likely N-dealkylation sites (N-methyl/N-ethyl adjacent to an activating group) is 1. The summed E-state index contributed by atoms with van der Waals surface area (Å²) < 4.78 is 0. The minimum atomic E-state index is 0.00991. The van der Waals surface area contributed by atoms with Crippen LogP contribution in [0.1, 0.15) is 40.0 Å². The predicted molar refractivity (Wildman–Crippen MR) is 107 cm³/mol. The van der Waals surface area contributed by atoms with Gasteiger partial charge in [-0.3, -0.25) is 4.79 Å². The van der Waals surface area contributed by atoms with Gasteiger partial charge in [0.2, 0.25) is 0 Å². The van der Waals surface area contributed by atoms with Gasteiger partial charge in [-0.05, 0) is 43.5 Å². The van der Waals surface area contributed by atoms with Gasteiger partial charge in [-0.1, -0.05) is 78.4 Å². The van der Waals surface area contributed by atoms with E-state index < -0.39 is 0 Å². The molecule has 0 aliphatic heterocycles. The average Bonchev–Trinajstić information content (AvgIpc) is 2.70. The largest absolute Gasteiger partial charge is 0.332 e. The monoisotopic (exact) mass is 343 g/mol. The summed E-state index contributed by atoms with van der Waals surface area (Å²) in [6, 6.07) is 28.5. The second kappa shape index (κ2) is 8.48. The van der Waals surface area contributed by atoms with Crippen molar-refractivity contribution in [2.45, 2.75) is 26.3 Å². The number of benzene rings is 3. The van der Waals surface area contributed by atoms with Crippen LogP contribution in [0, 0.1) is 6.92 Å². The molecule has 0 N–H and O–H groups in total. The van der Waals surface area contributed by atoms with E-state index in [1.165, 1.54) is 16.7 Å². The number of carbonyl (C=O) groups is 1. The number of carbonyl (C=O) groups excluding carboxylic acids is 1. The Balaban J connectivity index is 1.97. The first kappa shape index (κ1) is 17.9. The number of hydrogen-bond donors (Lipinski definition) is 0. The van der Waals surface area contributed by atoms with E-state index in [1.807, 2.05) is 48.2 Å². The fourth-order valence-electron chi connectivity index (χ4n) is 3.29. The summed E-state index contributed by atoms with van der Waals surface area (Å²) in [5, 5.41) is 0. The smallest absolute Gasteiger partial charge is 0.254 e. The molecular weight excluding hydrogens is 318 g/mol. The molecule has 0 saturated carbocycles. The molecule has 0 radical (unpaired) electrons. The summed E-state index contributed by atoms with van der Waals surface area (Å²) >= 11 is 0. The highest BCUT2D eigenvalue weighted by atomic mass is 16.2. The van der Waals surface area contributed by atoms with Crippen molar-refractivity contribution in [2.75, 3.05) is 6.54 Å². The van der Waals surface area contributed by atoms with Crippen LogP contribution in [0.5, 0.6) is 0 Å². The van der Waals surface area contributed by atoms with Crippen LogP contribution in [0.3, 0.4) is 0 Å². The van der Waals surface area contributed by atoms with Gasteiger partial charge < -0.3 is 4.90 Å². The second-order valence-corrected chi connectivity index (χ2v) is 6.57. The van der Waals surface area contributed by atoms with Gasteiger partial charge in [0.25, 0.3) is 5.91 Å².